The second-order valence-electron chi connectivity index (χ2n) is 4.14. The first-order valence-electron chi connectivity index (χ1n) is 5.70. The van der Waals surface area contributed by atoms with Crippen LogP contribution in [0.3, 0.4) is 0 Å². The van der Waals surface area contributed by atoms with Gasteiger partial charge in [-0.2, -0.15) is 0 Å². The fourth-order valence-corrected chi connectivity index (χ4v) is 2.25. The van der Waals surface area contributed by atoms with Crippen LogP contribution in [0.1, 0.15) is 33.6 Å². The van der Waals surface area contributed by atoms with Crippen molar-refractivity contribution in [3.8, 4) is 0 Å². The topological polar surface area (TPSA) is 46.5 Å². The molecule has 1 atom stereocenters. The molecular formula is C13H15NO2. The van der Waals surface area contributed by atoms with E-state index in [2.05, 4.69) is 4.99 Å². The largest absolute Gasteiger partial charge is 0.294 e. The van der Waals surface area contributed by atoms with Crippen LogP contribution in [0.25, 0.3) is 0 Å². The number of carbonyl (C=O) groups excluding carboxylic acids is 2. The third-order valence-electron chi connectivity index (χ3n) is 3.26. The van der Waals surface area contributed by atoms with Crippen molar-refractivity contribution < 1.29 is 9.59 Å². The molecule has 0 N–H and O–H groups in total. The number of carbonyl (C=O) groups is 2. The molecule has 0 bridgehead atoms. The maximum absolute atomic E-state index is 12.1. The minimum atomic E-state index is -0.531. The van der Waals surface area contributed by atoms with Crippen molar-refractivity contribution in [2.45, 2.75) is 33.6 Å². The van der Waals surface area contributed by atoms with E-state index >= 15 is 0 Å². The maximum atomic E-state index is 12.1. The van der Waals surface area contributed by atoms with E-state index in [0.717, 1.165) is 12.0 Å². The second kappa shape index (κ2) is 3.81. The SMILES string of the molecule is CCC1=C2C(=O)C(C)C(=O)C(CC)=C2N=C1. The number of nitrogens with zero attached hydrogens (tertiary/aromatic N) is 1. The van der Waals surface area contributed by atoms with Gasteiger partial charge in [-0.3, -0.25) is 14.6 Å². The molecule has 1 aliphatic heterocycles. The normalized spacial score (nSPS) is 24.6. The van der Waals surface area contributed by atoms with Gasteiger partial charge in [-0.05, 0) is 25.3 Å². The molecule has 0 fully saturated rings. The van der Waals surface area contributed by atoms with Gasteiger partial charge in [0.15, 0.2) is 11.6 Å². The Balaban J connectivity index is 2.66. The standard InChI is InChI=1S/C13H15NO2/c1-4-8-6-14-11-9(5-2)12(15)7(3)13(16)10(8)11/h6-7H,4-5H2,1-3H3. The van der Waals surface area contributed by atoms with Gasteiger partial charge in [-0.1, -0.05) is 13.8 Å². The fraction of sp³-hybridized carbons (Fsp3) is 0.462. The monoisotopic (exact) mass is 217 g/mol. The van der Waals surface area contributed by atoms with Crippen LogP contribution in [0.15, 0.2) is 27.4 Å². The summed E-state index contributed by atoms with van der Waals surface area (Å²) < 4.78 is 0. The predicted octanol–water partition coefficient (Wildman–Crippen LogP) is 2.23. The Morgan fingerprint density at radius 1 is 1.19 bits per heavy atom. The van der Waals surface area contributed by atoms with Gasteiger partial charge in [0, 0.05) is 17.4 Å². The summed E-state index contributed by atoms with van der Waals surface area (Å²) >= 11 is 0. The lowest BCUT2D eigenvalue weighted by Crippen LogP contribution is -2.30. The van der Waals surface area contributed by atoms with E-state index in [9.17, 15) is 9.59 Å². The Hall–Kier alpha value is -1.51. The van der Waals surface area contributed by atoms with E-state index in [0.29, 0.717) is 23.3 Å². The van der Waals surface area contributed by atoms with Crippen molar-refractivity contribution in [3.05, 3.63) is 22.4 Å². The zero-order valence-corrected chi connectivity index (χ0v) is 9.83. The Morgan fingerprint density at radius 2 is 1.88 bits per heavy atom. The maximum Gasteiger partial charge on any atom is 0.175 e. The number of hydrogen-bond acceptors (Lipinski definition) is 3. The molecule has 3 heteroatoms. The Labute approximate surface area is 94.9 Å². The van der Waals surface area contributed by atoms with Gasteiger partial charge in [0.1, 0.15) is 0 Å². The number of aliphatic imine (C=N–C) groups is 1. The van der Waals surface area contributed by atoms with Gasteiger partial charge in [0.2, 0.25) is 0 Å². The summed E-state index contributed by atoms with van der Waals surface area (Å²) in [5, 5.41) is 0. The van der Waals surface area contributed by atoms with Gasteiger partial charge in [0.05, 0.1) is 11.6 Å². The first-order chi connectivity index (χ1) is 7.61. The zero-order valence-electron chi connectivity index (χ0n) is 9.83. The third kappa shape index (κ3) is 1.31. The minimum absolute atomic E-state index is 0.0549. The summed E-state index contributed by atoms with van der Waals surface area (Å²) in [5.41, 5.74) is 2.99. The number of Topliss-reactive ketones (excluding diaryl/α,β-unsaturated/α-hetero) is 2. The van der Waals surface area contributed by atoms with E-state index < -0.39 is 5.92 Å². The molecule has 2 aliphatic rings. The molecule has 0 saturated carbocycles. The molecule has 0 aromatic rings. The minimum Gasteiger partial charge on any atom is -0.294 e. The van der Waals surface area contributed by atoms with Crippen molar-refractivity contribution in [2.75, 3.05) is 0 Å². The molecule has 0 aromatic heterocycles. The summed E-state index contributed by atoms with van der Waals surface area (Å²) in [6.07, 6.45) is 3.15. The van der Waals surface area contributed by atoms with Gasteiger partial charge in [-0.25, -0.2) is 0 Å². The first-order valence-corrected chi connectivity index (χ1v) is 5.70. The highest BCUT2D eigenvalue weighted by atomic mass is 16.2. The lowest BCUT2D eigenvalue weighted by atomic mass is 9.80. The molecule has 0 spiro atoms. The molecule has 16 heavy (non-hydrogen) atoms. The van der Waals surface area contributed by atoms with Crippen LogP contribution >= 0.6 is 0 Å². The van der Waals surface area contributed by atoms with Crippen LogP contribution in [-0.2, 0) is 9.59 Å². The van der Waals surface area contributed by atoms with Crippen LogP contribution in [0.2, 0.25) is 0 Å². The van der Waals surface area contributed by atoms with Gasteiger partial charge in [0.25, 0.3) is 0 Å². The number of rotatable bonds is 2. The average Bonchev–Trinajstić information content (AvgIpc) is 2.70. The molecule has 0 saturated heterocycles. The summed E-state index contributed by atoms with van der Waals surface area (Å²) in [5.74, 6) is -0.649. The highest BCUT2D eigenvalue weighted by Crippen LogP contribution is 2.36. The summed E-state index contributed by atoms with van der Waals surface area (Å²) in [6, 6.07) is 0. The fourth-order valence-electron chi connectivity index (χ4n) is 2.25. The van der Waals surface area contributed by atoms with Crippen molar-refractivity contribution in [2.24, 2.45) is 10.9 Å². The molecule has 84 valence electrons. The lowest BCUT2D eigenvalue weighted by molar-refractivity contribution is -0.128. The lowest BCUT2D eigenvalue weighted by Gasteiger charge is -2.21. The highest BCUT2D eigenvalue weighted by molar-refractivity contribution is 6.24. The second-order valence-corrected chi connectivity index (χ2v) is 4.14. The molecule has 1 aliphatic carbocycles. The smallest absolute Gasteiger partial charge is 0.175 e. The van der Waals surface area contributed by atoms with E-state index in [1.165, 1.54) is 0 Å². The van der Waals surface area contributed by atoms with E-state index in [1.807, 2.05) is 13.8 Å². The van der Waals surface area contributed by atoms with Crippen molar-refractivity contribution in [3.63, 3.8) is 0 Å². The average molecular weight is 217 g/mol. The van der Waals surface area contributed by atoms with Crippen molar-refractivity contribution >= 4 is 17.8 Å². The Bertz CT molecular complexity index is 466. The van der Waals surface area contributed by atoms with Gasteiger partial charge >= 0.3 is 0 Å². The van der Waals surface area contributed by atoms with Gasteiger partial charge in [-0.15, -0.1) is 0 Å². The van der Waals surface area contributed by atoms with E-state index in [1.54, 1.807) is 13.1 Å². The third-order valence-corrected chi connectivity index (χ3v) is 3.26. The number of hydrogen-bond donors (Lipinski definition) is 0. The van der Waals surface area contributed by atoms with Gasteiger partial charge < -0.3 is 0 Å². The quantitative estimate of drug-likeness (QED) is 0.666. The van der Waals surface area contributed by atoms with Crippen LogP contribution < -0.4 is 0 Å². The summed E-state index contributed by atoms with van der Waals surface area (Å²) in [6.45, 7) is 5.62. The predicted molar refractivity (Wildman–Crippen MR) is 62.3 cm³/mol. The van der Waals surface area contributed by atoms with Crippen molar-refractivity contribution in [1.29, 1.82) is 0 Å². The number of allylic oxidation sites excluding steroid dienone is 3. The number of fused-ring (bicyclic) bond motifs is 1. The molecule has 1 unspecified atom stereocenters. The Kier molecular flexibility index (Phi) is 2.62. The molecule has 1 heterocycles. The highest BCUT2D eigenvalue weighted by Gasteiger charge is 2.38. The zero-order chi connectivity index (χ0) is 11.9. The number of ketones is 2. The molecular weight excluding hydrogens is 202 g/mol. The Morgan fingerprint density at radius 3 is 2.44 bits per heavy atom. The van der Waals surface area contributed by atoms with Crippen LogP contribution in [0, 0.1) is 5.92 Å². The molecule has 0 amide bonds. The molecule has 3 nitrogen and oxygen atoms in total. The molecule has 0 radical (unpaired) electrons. The van der Waals surface area contributed by atoms with Crippen LogP contribution in [-0.4, -0.2) is 17.8 Å². The molecule has 2 rings (SSSR count). The van der Waals surface area contributed by atoms with Crippen LogP contribution in [0.4, 0.5) is 0 Å². The first kappa shape index (κ1) is 11.0. The van der Waals surface area contributed by atoms with Crippen LogP contribution in [0.5, 0.6) is 0 Å². The summed E-state index contributed by atoms with van der Waals surface area (Å²) in [4.78, 5) is 28.2. The van der Waals surface area contributed by atoms with E-state index in [-0.39, 0.29) is 11.6 Å². The summed E-state index contributed by atoms with van der Waals surface area (Å²) in [7, 11) is 0. The van der Waals surface area contributed by atoms with Crippen molar-refractivity contribution in [1.82, 2.24) is 0 Å². The molecule has 0 aromatic carbocycles. The van der Waals surface area contributed by atoms with E-state index in [4.69, 9.17) is 0 Å².